The van der Waals surface area contributed by atoms with Crippen LogP contribution >= 0.6 is 11.3 Å². The van der Waals surface area contributed by atoms with E-state index >= 15 is 0 Å². The minimum Gasteiger partial charge on any atom is -0.444 e. The Bertz CT molecular complexity index is 1170. The van der Waals surface area contributed by atoms with Gasteiger partial charge in [0, 0.05) is 31.6 Å². The fourth-order valence-electron chi connectivity index (χ4n) is 3.90. The van der Waals surface area contributed by atoms with E-state index in [4.69, 9.17) is 4.74 Å². The molecule has 33 heavy (non-hydrogen) atoms. The van der Waals surface area contributed by atoms with Gasteiger partial charge in [-0.05, 0) is 57.0 Å². The first-order chi connectivity index (χ1) is 15.7. The molecule has 7 nitrogen and oxygen atoms in total. The summed E-state index contributed by atoms with van der Waals surface area (Å²) in [5, 5.41) is 7.75. The van der Waals surface area contributed by atoms with E-state index in [2.05, 4.69) is 15.2 Å². The lowest BCUT2D eigenvalue weighted by molar-refractivity contribution is 0.0636. The van der Waals surface area contributed by atoms with Crippen LogP contribution < -0.4 is 10.2 Å². The number of benzene rings is 2. The summed E-state index contributed by atoms with van der Waals surface area (Å²) in [6.07, 6.45) is 0.278. The number of carbonyl (C=O) groups excluding carboxylic acids is 2. The number of amides is 2. The molecule has 8 heteroatoms. The van der Waals surface area contributed by atoms with Gasteiger partial charge in [-0.25, -0.2) is 9.78 Å². The van der Waals surface area contributed by atoms with Gasteiger partial charge in [-0.1, -0.05) is 24.3 Å². The number of aromatic nitrogens is 1. The zero-order chi connectivity index (χ0) is 23.6. The molecule has 0 bridgehead atoms. The van der Waals surface area contributed by atoms with Crippen molar-refractivity contribution in [1.82, 2.24) is 9.88 Å². The Hall–Kier alpha value is -3.13. The summed E-state index contributed by atoms with van der Waals surface area (Å²) in [6.45, 7) is 10.3. The summed E-state index contributed by atoms with van der Waals surface area (Å²) < 4.78 is 5.43. The zero-order valence-electron chi connectivity index (χ0n) is 19.6. The van der Waals surface area contributed by atoms with Crippen LogP contribution in [0.3, 0.4) is 0 Å². The average molecular weight is 467 g/mol. The smallest absolute Gasteiger partial charge is 0.412 e. The Morgan fingerprint density at radius 1 is 1.06 bits per heavy atom. The molecule has 174 valence electrons. The highest BCUT2D eigenvalue weighted by Crippen LogP contribution is 2.27. The number of hydrogen-bond acceptors (Lipinski definition) is 6. The molecule has 1 N–H and O–H groups in total. The highest BCUT2D eigenvalue weighted by molar-refractivity contribution is 7.13. The number of rotatable bonds is 3. The van der Waals surface area contributed by atoms with Crippen molar-refractivity contribution >= 4 is 44.9 Å². The van der Waals surface area contributed by atoms with E-state index in [0.717, 1.165) is 41.1 Å². The molecular formula is C25H30N4O3S. The largest absolute Gasteiger partial charge is 0.444 e. The van der Waals surface area contributed by atoms with Gasteiger partial charge in [0.2, 0.25) is 0 Å². The summed E-state index contributed by atoms with van der Waals surface area (Å²) in [5.74, 6) is -0.0935. The molecule has 0 saturated carbocycles. The van der Waals surface area contributed by atoms with Gasteiger partial charge in [0.05, 0.1) is 16.9 Å². The SMILES string of the molecule is Cc1csc(N2CCCN(C(=O)c3cc4ccccc4cc3NC(=O)OC(C)(C)C)CC2)n1. The van der Waals surface area contributed by atoms with E-state index in [0.29, 0.717) is 24.3 Å². The highest BCUT2D eigenvalue weighted by Gasteiger charge is 2.25. The summed E-state index contributed by atoms with van der Waals surface area (Å²) in [5.41, 5.74) is 1.32. The van der Waals surface area contributed by atoms with E-state index < -0.39 is 11.7 Å². The summed E-state index contributed by atoms with van der Waals surface area (Å²) in [4.78, 5) is 34.8. The fraction of sp³-hybridized carbons (Fsp3) is 0.400. The van der Waals surface area contributed by atoms with Crippen LogP contribution in [0.4, 0.5) is 15.6 Å². The molecule has 0 spiro atoms. The second-order valence-electron chi connectivity index (χ2n) is 9.28. The number of nitrogens with zero attached hydrogens (tertiary/aromatic N) is 3. The molecule has 2 heterocycles. The molecule has 1 aromatic heterocycles. The van der Waals surface area contributed by atoms with Gasteiger partial charge in [0.1, 0.15) is 5.60 Å². The Morgan fingerprint density at radius 3 is 2.45 bits per heavy atom. The molecule has 0 atom stereocenters. The molecule has 2 amide bonds. The van der Waals surface area contributed by atoms with Crippen LogP contribution in [0.2, 0.25) is 0 Å². The number of carbonyl (C=O) groups is 2. The number of nitrogens with one attached hydrogen (secondary N) is 1. The quantitative estimate of drug-likeness (QED) is 0.567. The first-order valence-corrected chi connectivity index (χ1v) is 12.1. The molecule has 3 aromatic rings. The maximum atomic E-state index is 13.6. The van der Waals surface area contributed by atoms with Gasteiger partial charge in [-0.2, -0.15) is 0 Å². The molecule has 1 aliphatic rings. The monoisotopic (exact) mass is 466 g/mol. The lowest BCUT2D eigenvalue weighted by atomic mass is 10.0. The first-order valence-electron chi connectivity index (χ1n) is 11.2. The Kier molecular flexibility index (Phi) is 6.56. The minimum absolute atomic E-state index is 0.0935. The van der Waals surface area contributed by atoms with Gasteiger partial charge in [-0.3, -0.25) is 10.1 Å². The lowest BCUT2D eigenvalue weighted by Gasteiger charge is -2.24. The maximum absolute atomic E-state index is 13.6. The van der Waals surface area contributed by atoms with Crippen LogP contribution in [0, 0.1) is 6.92 Å². The predicted molar refractivity (Wildman–Crippen MR) is 133 cm³/mol. The van der Waals surface area contributed by atoms with Crippen molar-refractivity contribution in [2.24, 2.45) is 0 Å². The average Bonchev–Trinajstić information content (AvgIpc) is 3.03. The van der Waals surface area contributed by atoms with Crippen LogP contribution in [0.1, 0.15) is 43.2 Å². The second kappa shape index (κ2) is 9.39. The van der Waals surface area contributed by atoms with Crippen molar-refractivity contribution in [1.29, 1.82) is 0 Å². The van der Waals surface area contributed by atoms with Gasteiger partial charge in [-0.15, -0.1) is 11.3 Å². The van der Waals surface area contributed by atoms with Crippen LogP contribution in [0.25, 0.3) is 10.8 Å². The number of anilines is 2. The topological polar surface area (TPSA) is 74.8 Å². The van der Waals surface area contributed by atoms with Gasteiger partial charge < -0.3 is 14.5 Å². The number of fused-ring (bicyclic) bond motifs is 1. The van der Waals surface area contributed by atoms with Crippen molar-refractivity contribution in [2.75, 3.05) is 36.4 Å². The number of thiazole rings is 1. The molecule has 2 aromatic carbocycles. The fourth-order valence-corrected chi connectivity index (χ4v) is 4.76. The third-order valence-electron chi connectivity index (χ3n) is 5.41. The predicted octanol–water partition coefficient (Wildman–Crippen LogP) is 5.30. The molecule has 1 aliphatic heterocycles. The van der Waals surface area contributed by atoms with Crippen molar-refractivity contribution < 1.29 is 14.3 Å². The summed E-state index contributed by atoms with van der Waals surface area (Å²) >= 11 is 1.64. The van der Waals surface area contributed by atoms with E-state index in [1.54, 1.807) is 11.3 Å². The summed E-state index contributed by atoms with van der Waals surface area (Å²) in [7, 11) is 0. The summed E-state index contributed by atoms with van der Waals surface area (Å²) in [6, 6.07) is 11.5. The van der Waals surface area contributed by atoms with Gasteiger partial charge in [0.15, 0.2) is 5.13 Å². The number of aryl methyl sites for hydroxylation is 1. The molecule has 0 unspecified atom stereocenters. The van der Waals surface area contributed by atoms with Crippen LogP contribution in [-0.4, -0.2) is 53.7 Å². The molecule has 0 radical (unpaired) electrons. The van der Waals surface area contributed by atoms with Crippen molar-refractivity contribution in [3.8, 4) is 0 Å². The van der Waals surface area contributed by atoms with E-state index in [1.807, 2.05) is 74.4 Å². The number of hydrogen-bond donors (Lipinski definition) is 1. The van der Waals surface area contributed by atoms with E-state index in [9.17, 15) is 9.59 Å². The Morgan fingerprint density at radius 2 is 1.79 bits per heavy atom. The van der Waals surface area contributed by atoms with Crippen LogP contribution in [-0.2, 0) is 4.74 Å². The van der Waals surface area contributed by atoms with Crippen LogP contribution in [0.5, 0.6) is 0 Å². The number of ether oxygens (including phenoxy) is 1. The van der Waals surface area contributed by atoms with Crippen molar-refractivity contribution in [3.63, 3.8) is 0 Å². The highest BCUT2D eigenvalue weighted by atomic mass is 32.1. The third-order valence-corrected chi connectivity index (χ3v) is 6.43. The van der Waals surface area contributed by atoms with Crippen molar-refractivity contribution in [3.05, 3.63) is 53.0 Å². The Balaban J connectivity index is 1.59. The van der Waals surface area contributed by atoms with E-state index in [1.165, 1.54) is 0 Å². The normalized spacial score (nSPS) is 14.8. The standard InChI is InChI=1S/C25H30N4O3S/c1-17-16-33-23(26-17)29-11-7-10-28(12-13-29)22(30)20-14-18-8-5-6-9-19(18)15-21(20)27-24(31)32-25(2,3)4/h5-6,8-9,14-16H,7,10-13H2,1-4H3,(H,27,31). The molecule has 0 aliphatic carbocycles. The third kappa shape index (κ3) is 5.63. The maximum Gasteiger partial charge on any atom is 0.412 e. The molecule has 4 rings (SSSR count). The Labute approximate surface area is 198 Å². The lowest BCUT2D eigenvalue weighted by Crippen LogP contribution is -2.36. The first kappa shape index (κ1) is 23.0. The minimum atomic E-state index is -0.631. The van der Waals surface area contributed by atoms with Crippen molar-refractivity contribution in [2.45, 2.75) is 39.7 Å². The van der Waals surface area contributed by atoms with Crippen LogP contribution in [0.15, 0.2) is 41.8 Å². The molecule has 1 fully saturated rings. The molecular weight excluding hydrogens is 436 g/mol. The molecule has 1 saturated heterocycles. The zero-order valence-corrected chi connectivity index (χ0v) is 20.4. The van der Waals surface area contributed by atoms with E-state index in [-0.39, 0.29) is 5.91 Å². The van der Waals surface area contributed by atoms with Gasteiger partial charge >= 0.3 is 6.09 Å². The van der Waals surface area contributed by atoms with Gasteiger partial charge in [0.25, 0.3) is 5.91 Å². The second-order valence-corrected chi connectivity index (χ2v) is 10.1.